The molecule has 4 nitrogen and oxygen atoms in total. The molecule has 0 aliphatic rings. The molecule has 2 aromatic rings. The van der Waals surface area contributed by atoms with Crippen molar-refractivity contribution in [1.82, 2.24) is 15.2 Å². The van der Waals surface area contributed by atoms with Crippen LogP contribution in [0.5, 0.6) is 0 Å². The first-order chi connectivity index (χ1) is 8.54. The molecule has 1 heterocycles. The van der Waals surface area contributed by atoms with Crippen LogP contribution >= 0.6 is 0 Å². The van der Waals surface area contributed by atoms with Gasteiger partial charge in [0.1, 0.15) is 0 Å². The quantitative estimate of drug-likeness (QED) is 0.640. The number of aryl methyl sites for hydroxylation is 3. The maximum absolute atomic E-state index is 5.73. The van der Waals surface area contributed by atoms with Crippen molar-refractivity contribution in [3.8, 4) is 0 Å². The molecule has 0 bridgehead atoms. The van der Waals surface area contributed by atoms with Crippen molar-refractivity contribution < 1.29 is 0 Å². The van der Waals surface area contributed by atoms with Crippen LogP contribution in [0.1, 0.15) is 34.0 Å². The van der Waals surface area contributed by atoms with Gasteiger partial charge in [0.2, 0.25) is 0 Å². The van der Waals surface area contributed by atoms with Crippen molar-refractivity contribution in [2.45, 2.75) is 26.8 Å². The van der Waals surface area contributed by atoms with Crippen molar-refractivity contribution in [3.05, 3.63) is 52.3 Å². The van der Waals surface area contributed by atoms with E-state index in [2.05, 4.69) is 49.5 Å². The molecule has 1 aromatic carbocycles. The Bertz CT molecular complexity index is 557. The first kappa shape index (κ1) is 12.8. The Labute approximate surface area is 108 Å². The molecule has 1 unspecified atom stereocenters. The van der Waals surface area contributed by atoms with Crippen LogP contribution in [-0.4, -0.2) is 9.78 Å². The van der Waals surface area contributed by atoms with Gasteiger partial charge in [0.25, 0.3) is 0 Å². The van der Waals surface area contributed by atoms with Gasteiger partial charge in [-0.15, -0.1) is 0 Å². The second-order valence-electron chi connectivity index (χ2n) is 4.77. The third-order valence-electron chi connectivity index (χ3n) is 3.49. The standard InChI is InChI=1S/C14H20N4/c1-9-5-6-12(10(2)7-9)14(17-15)13-8-16-18(4)11(13)3/h5-8,14,17H,15H2,1-4H3. The SMILES string of the molecule is Cc1ccc(C(NN)c2cnn(C)c2C)c(C)c1. The van der Waals surface area contributed by atoms with Crippen molar-refractivity contribution in [1.29, 1.82) is 0 Å². The van der Waals surface area contributed by atoms with Gasteiger partial charge >= 0.3 is 0 Å². The first-order valence-electron chi connectivity index (χ1n) is 6.06. The van der Waals surface area contributed by atoms with Crippen LogP contribution in [0.15, 0.2) is 24.4 Å². The summed E-state index contributed by atoms with van der Waals surface area (Å²) in [5.74, 6) is 5.73. The Hall–Kier alpha value is -1.65. The highest BCUT2D eigenvalue weighted by Crippen LogP contribution is 2.26. The van der Waals surface area contributed by atoms with Crippen LogP contribution in [0.4, 0.5) is 0 Å². The fourth-order valence-corrected chi connectivity index (χ4v) is 2.30. The number of nitrogens with zero attached hydrogens (tertiary/aromatic N) is 2. The molecule has 0 saturated carbocycles. The summed E-state index contributed by atoms with van der Waals surface area (Å²) >= 11 is 0. The Morgan fingerprint density at radius 2 is 1.94 bits per heavy atom. The maximum atomic E-state index is 5.73. The first-order valence-corrected chi connectivity index (χ1v) is 6.06. The summed E-state index contributed by atoms with van der Waals surface area (Å²) < 4.78 is 1.86. The van der Waals surface area contributed by atoms with Gasteiger partial charge in [-0.3, -0.25) is 10.5 Å². The lowest BCUT2D eigenvalue weighted by atomic mass is 9.95. The number of hydrogen-bond acceptors (Lipinski definition) is 3. The molecule has 0 saturated heterocycles. The van der Waals surface area contributed by atoms with E-state index in [1.54, 1.807) is 0 Å². The summed E-state index contributed by atoms with van der Waals surface area (Å²) in [7, 11) is 1.94. The van der Waals surface area contributed by atoms with Crippen molar-refractivity contribution in [2.75, 3.05) is 0 Å². The van der Waals surface area contributed by atoms with Gasteiger partial charge in [0.05, 0.1) is 12.2 Å². The molecule has 3 N–H and O–H groups in total. The number of benzene rings is 1. The summed E-state index contributed by atoms with van der Waals surface area (Å²) in [5, 5.41) is 4.28. The third kappa shape index (κ3) is 2.17. The van der Waals surface area contributed by atoms with Gasteiger partial charge < -0.3 is 0 Å². The molecule has 4 heteroatoms. The van der Waals surface area contributed by atoms with Gasteiger partial charge in [-0.25, -0.2) is 5.43 Å². The van der Waals surface area contributed by atoms with E-state index in [-0.39, 0.29) is 6.04 Å². The number of hydrogen-bond donors (Lipinski definition) is 2. The number of hydrazine groups is 1. The fourth-order valence-electron chi connectivity index (χ4n) is 2.30. The minimum Gasteiger partial charge on any atom is -0.273 e. The van der Waals surface area contributed by atoms with Gasteiger partial charge in [0, 0.05) is 18.3 Å². The van der Waals surface area contributed by atoms with E-state index in [1.165, 1.54) is 16.7 Å². The number of nitrogens with one attached hydrogen (secondary N) is 1. The lowest BCUT2D eigenvalue weighted by Crippen LogP contribution is -2.29. The van der Waals surface area contributed by atoms with Gasteiger partial charge in [-0.05, 0) is 31.9 Å². The molecule has 0 spiro atoms. The Morgan fingerprint density at radius 1 is 1.22 bits per heavy atom. The average molecular weight is 244 g/mol. The molecule has 96 valence electrons. The summed E-state index contributed by atoms with van der Waals surface area (Å²) in [6.45, 7) is 6.26. The Kier molecular flexibility index (Phi) is 3.50. The zero-order valence-corrected chi connectivity index (χ0v) is 11.4. The topological polar surface area (TPSA) is 55.9 Å². The minimum absolute atomic E-state index is 0.0145. The van der Waals surface area contributed by atoms with E-state index in [0.29, 0.717) is 0 Å². The van der Waals surface area contributed by atoms with Crippen LogP contribution in [0.2, 0.25) is 0 Å². The second kappa shape index (κ2) is 4.92. The molecule has 18 heavy (non-hydrogen) atoms. The van der Waals surface area contributed by atoms with Crippen molar-refractivity contribution in [2.24, 2.45) is 12.9 Å². The highest BCUT2D eigenvalue weighted by molar-refractivity contribution is 5.39. The lowest BCUT2D eigenvalue weighted by Gasteiger charge is -2.19. The second-order valence-corrected chi connectivity index (χ2v) is 4.77. The van der Waals surface area contributed by atoms with Crippen LogP contribution < -0.4 is 11.3 Å². The summed E-state index contributed by atoms with van der Waals surface area (Å²) in [6.07, 6.45) is 1.87. The molecule has 0 aliphatic heterocycles. The van der Waals surface area contributed by atoms with Crippen molar-refractivity contribution in [3.63, 3.8) is 0 Å². The summed E-state index contributed by atoms with van der Waals surface area (Å²) in [5.41, 5.74) is 8.83. The van der Waals surface area contributed by atoms with E-state index >= 15 is 0 Å². The number of aromatic nitrogens is 2. The molecule has 1 atom stereocenters. The van der Waals surface area contributed by atoms with Gasteiger partial charge in [0.15, 0.2) is 0 Å². The van der Waals surface area contributed by atoms with E-state index < -0.39 is 0 Å². The predicted octanol–water partition coefficient (Wildman–Crippen LogP) is 1.90. The molecular weight excluding hydrogens is 224 g/mol. The minimum atomic E-state index is -0.0145. The largest absolute Gasteiger partial charge is 0.273 e. The molecule has 1 aromatic heterocycles. The van der Waals surface area contributed by atoms with Crippen molar-refractivity contribution >= 4 is 0 Å². The molecule has 0 fully saturated rings. The molecule has 0 aliphatic carbocycles. The van der Waals surface area contributed by atoms with E-state index in [0.717, 1.165) is 11.3 Å². The summed E-state index contributed by atoms with van der Waals surface area (Å²) in [6, 6.07) is 6.39. The average Bonchev–Trinajstić information content (AvgIpc) is 2.65. The predicted molar refractivity (Wildman–Crippen MR) is 73.0 cm³/mol. The van der Waals surface area contributed by atoms with E-state index in [1.807, 2.05) is 17.9 Å². The highest BCUT2D eigenvalue weighted by atomic mass is 15.3. The molecular formula is C14H20N4. The normalized spacial score (nSPS) is 12.7. The van der Waals surface area contributed by atoms with Crippen LogP contribution in [0, 0.1) is 20.8 Å². The monoisotopic (exact) mass is 244 g/mol. The zero-order valence-electron chi connectivity index (χ0n) is 11.4. The fraction of sp³-hybridized carbons (Fsp3) is 0.357. The maximum Gasteiger partial charge on any atom is 0.0745 e. The molecule has 2 rings (SSSR count). The van der Waals surface area contributed by atoms with Crippen LogP contribution in [-0.2, 0) is 7.05 Å². The Balaban J connectivity index is 2.48. The van der Waals surface area contributed by atoms with E-state index in [9.17, 15) is 0 Å². The number of rotatable bonds is 3. The lowest BCUT2D eigenvalue weighted by molar-refractivity contribution is 0.627. The number of nitrogens with two attached hydrogens (primary N) is 1. The summed E-state index contributed by atoms with van der Waals surface area (Å²) in [4.78, 5) is 0. The van der Waals surface area contributed by atoms with Crippen LogP contribution in [0.3, 0.4) is 0 Å². The molecule has 0 radical (unpaired) electrons. The zero-order chi connectivity index (χ0) is 13.3. The van der Waals surface area contributed by atoms with E-state index in [4.69, 9.17) is 5.84 Å². The molecule has 0 amide bonds. The van der Waals surface area contributed by atoms with Gasteiger partial charge in [-0.1, -0.05) is 23.8 Å². The third-order valence-corrected chi connectivity index (χ3v) is 3.49. The van der Waals surface area contributed by atoms with Gasteiger partial charge in [-0.2, -0.15) is 5.10 Å². The van der Waals surface area contributed by atoms with Crippen LogP contribution in [0.25, 0.3) is 0 Å². The smallest absolute Gasteiger partial charge is 0.0745 e. The highest BCUT2D eigenvalue weighted by Gasteiger charge is 2.18. The Morgan fingerprint density at radius 3 is 2.44 bits per heavy atom.